The van der Waals surface area contributed by atoms with Gasteiger partial charge in [0.15, 0.2) is 6.10 Å². The lowest BCUT2D eigenvalue weighted by molar-refractivity contribution is -0.127. The normalized spacial score (nSPS) is 15.3. The Morgan fingerprint density at radius 2 is 1.75 bits per heavy atom. The molecule has 2 aromatic rings. The number of halogens is 1. The van der Waals surface area contributed by atoms with E-state index in [9.17, 15) is 9.59 Å². The van der Waals surface area contributed by atoms with Gasteiger partial charge in [0.25, 0.3) is 11.8 Å². The minimum absolute atomic E-state index is 0.174. The van der Waals surface area contributed by atoms with Crippen LogP contribution >= 0.6 is 11.6 Å². The van der Waals surface area contributed by atoms with E-state index in [-0.39, 0.29) is 11.8 Å². The minimum Gasteiger partial charge on any atom is -0.480 e. The van der Waals surface area contributed by atoms with Crippen LogP contribution in [0.15, 0.2) is 48.5 Å². The summed E-state index contributed by atoms with van der Waals surface area (Å²) in [5.74, 6) is 0.381. The van der Waals surface area contributed by atoms with Crippen molar-refractivity contribution in [3.05, 3.63) is 64.7 Å². The molecule has 0 spiro atoms. The molecule has 1 aliphatic rings. The number of nitrogens with one attached hydrogen (secondary N) is 2. The lowest BCUT2D eigenvalue weighted by Crippen LogP contribution is -2.41. The van der Waals surface area contributed by atoms with Crippen molar-refractivity contribution in [3.63, 3.8) is 0 Å². The van der Waals surface area contributed by atoms with Gasteiger partial charge in [-0.25, -0.2) is 0 Å². The van der Waals surface area contributed by atoms with E-state index in [1.807, 2.05) is 24.3 Å². The molecule has 2 N–H and O–H groups in total. The smallest absolute Gasteiger partial charge is 0.261 e. The van der Waals surface area contributed by atoms with Gasteiger partial charge in [0.1, 0.15) is 5.75 Å². The maximum Gasteiger partial charge on any atom is 0.261 e. The lowest BCUT2D eigenvalue weighted by atomic mass is 10.1. The van der Waals surface area contributed by atoms with Gasteiger partial charge in [0.2, 0.25) is 0 Å². The van der Waals surface area contributed by atoms with Crippen LogP contribution in [0.2, 0.25) is 5.02 Å². The number of hydrogen-bond acceptors (Lipinski definition) is 3. The molecular formula is C18H17ClN2O3. The molecule has 124 valence electrons. The quantitative estimate of drug-likeness (QED) is 0.817. The Kier molecular flexibility index (Phi) is 5.01. The summed E-state index contributed by atoms with van der Waals surface area (Å²) in [6, 6.07) is 14.2. The number of benzene rings is 2. The number of carbonyl (C=O) groups is 2. The first-order chi connectivity index (χ1) is 11.6. The lowest BCUT2D eigenvalue weighted by Gasteiger charge is -2.12. The molecule has 0 fully saturated rings. The molecule has 0 saturated carbocycles. The third-order valence-electron chi connectivity index (χ3n) is 3.76. The van der Waals surface area contributed by atoms with Crippen molar-refractivity contribution in [1.82, 2.24) is 10.6 Å². The standard InChI is InChI=1S/C18H17ClN2O3/c19-14-7-5-12(6-8-14)17(22)20-9-10-21-18(23)16-11-13-3-1-2-4-15(13)24-16/h1-8,16H,9-11H2,(H,20,22)(H,21,23). The van der Waals surface area contributed by atoms with E-state index in [0.717, 1.165) is 11.3 Å². The second kappa shape index (κ2) is 7.36. The van der Waals surface area contributed by atoms with Crippen LogP contribution in [0.1, 0.15) is 15.9 Å². The fraction of sp³-hybridized carbons (Fsp3) is 0.222. The topological polar surface area (TPSA) is 67.4 Å². The van der Waals surface area contributed by atoms with E-state index >= 15 is 0 Å². The molecule has 1 unspecified atom stereocenters. The first kappa shape index (κ1) is 16.3. The average molecular weight is 345 g/mol. The minimum atomic E-state index is -0.505. The van der Waals surface area contributed by atoms with Gasteiger partial charge in [-0.15, -0.1) is 0 Å². The van der Waals surface area contributed by atoms with E-state index < -0.39 is 6.10 Å². The third kappa shape index (κ3) is 3.86. The molecule has 0 bridgehead atoms. The van der Waals surface area contributed by atoms with E-state index in [2.05, 4.69) is 10.6 Å². The van der Waals surface area contributed by atoms with Crippen molar-refractivity contribution in [3.8, 4) is 5.75 Å². The van der Waals surface area contributed by atoms with Crippen LogP contribution in [-0.4, -0.2) is 31.0 Å². The summed E-state index contributed by atoms with van der Waals surface area (Å²) in [5, 5.41) is 6.10. The molecule has 0 radical (unpaired) electrons. The second-order valence-corrected chi connectivity index (χ2v) is 5.91. The Bertz CT molecular complexity index is 721. The molecule has 1 heterocycles. The van der Waals surface area contributed by atoms with Gasteiger partial charge in [-0.2, -0.15) is 0 Å². The highest BCUT2D eigenvalue weighted by Crippen LogP contribution is 2.27. The zero-order chi connectivity index (χ0) is 16.9. The van der Waals surface area contributed by atoms with Crippen molar-refractivity contribution >= 4 is 23.4 Å². The molecule has 0 aromatic heterocycles. The predicted molar refractivity (Wildman–Crippen MR) is 91.4 cm³/mol. The van der Waals surface area contributed by atoms with Gasteiger partial charge in [-0.3, -0.25) is 9.59 Å². The molecule has 6 heteroatoms. The number of fused-ring (bicyclic) bond motifs is 1. The van der Waals surface area contributed by atoms with E-state index in [1.54, 1.807) is 24.3 Å². The largest absolute Gasteiger partial charge is 0.480 e. The molecule has 0 saturated heterocycles. The van der Waals surface area contributed by atoms with Crippen LogP contribution in [-0.2, 0) is 11.2 Å². The number of carbonyl (C=O) groups excluding carboxylic acids is 2. The fourth-order valence-corrected chi connectivity index (χ4v) is 2.63. The molecule has 0 aliphatic carbocycles. The molecule has 2 aromatic carbocycles. The summed E-state index contributed by atoms with van der Waals surface area (Å²) in [6.07, 6.45) is 0.0634. The Balaban J connectivity index is 1.40. The summed E-state index contributed by atoms with van der Waals surface area (Å²) in [4.78, 5) is 24.0. The van der Waals surface area contributed by atoms with Crippen LogP contribution in [0.5, 0.6) is 5.75 Å². The zero-order valence-corrected chi connectivity index (χ0v) is 13.7. The molecule has 24 heavy (non-hydrogen) atoms. The highest BCUT2D eigenvalue weighted by Gasteiger charge is 2.28. The molecule has 1 aliphatic heterocycles. The van der Waals surface area contributed by atoms with Crippen molar-refractivity contribution < 1.29 is 14.3 Å². The SMILES string of the molecule is O=C(NCCNC(=O)C1Cc2ccccc2O1)c1ccc(Cl)cc1. The predicted octanol–water partition coefficient (Wildman–Crippen LogP) is 2.19. The van der Waals surface area contributed by atoms with E-state index in [4.69, 9.17) is 16.3 Å². The summed E-state index contributed by atoms with van der Waals surface area (Å²) >= 11 is 5.78. The van der Waals surface area contributed by atoms with E-state index in [0.29, 0.717) is 30.1 Å². The number of rotatable bonds is 5. The maximum atomic E-state index is 12.1. The molecule has 3 rings (SSSR count). The van der Waals surface area contributed by atoms with Crippen LogP contribution in [0, 0.1) is 0 Å². The van der Waals surface area contributed by atoms with Gasteiger partial charge in [0, 0.05) is 30.1 Å². The van der Waals surface area contributed by atoms with Gasteiger partial charge in [0.05, 0.1) is 0 Å². The molecule has 1 atom stereocenters. The number of para-hydroxylation sites is 1. The highest BCUT2D eigenvalue weighted by atomic mass is 35.5. The Morgan fingerprint density at radius 3 is 2.50 bits per heavy atom. The Morgan fingerprint density at radius 1 is 1.04 bits per heavy atom. The summed E-state index contributed by atoms with van der Waals surface area (Å²) in [6.45, 7) is 0.682. The number of ether oxygens (including phenoxy) is 1. The highest BCUT2D eigenvalue weighted by molar-refractivity contribution is 6.30. The zero-order valence-electron chi connectivity index (χ0n) is 12.9. The number of hydrogen-bond donors (Lipinski definition) is 2. The average Bonchev–Trinajstić information content (AvgIpc) is 3.03. The Hall–Kier alpha value is -2.53. The van der Waals surface area contributed by atoms with Gasteiger partial charge < -0.3 is 15.4 Å². The van der Waals surface area contributed by atoms with Gasteiger partial charge in [-0.05, 0) is 35.9 Å². The number of amides is 2. The van der Waals surface area contributed by atoms with Crippen molar-refractivity contribution in [2.45, 2.75) is 12.5 Å². The summed E-state index contributed by atoms with van der Waals surface area (Å²) in [7, 11) is 0. The Labute approximate surface area is 145 Å². The van der Waals surface area contributed by atoms with Crippen LogP contribution in [0.25, 0.3) is 0 Å². The fourth-order valence-electron chi connectivity index (χ4n) is 2.51. The van der Waals surface area contributed by atoms with Gasteiger partial charge in [-0.1, -0.05) is 29.8 Å². The van der Waals surface area contributed by atoms with Crippen LogP contribution < -0.4 is 15.4 Å². The molecule has 2 amide bonds. The van der Waals surface area contributed by atoms with Crippen LogP contribution in [0.3, 0.4) is 0 Å². The first-order valence-corrected chi connectivity index (χ1v) is 8.07. The third-order valence-corrected chi connectivity index (χ3v) is 4.01. The van der Waals surface area contributed by atoms with Crippen molar-refractivity contribution in [2.75, 3.05) is 13.1 Å². The van der Waals surface area contributed by atoms with Crippen molar-refractivity contribution in [1.29, 1.82) is 0 Å². The monoisotopic (exact) mass is 344 g/mol. The first-order valence-electron chi connectivity index (χ1n) is 7.69. The second-order valence-electron chi connectivity index (χ2n) is 5.47. The van der Waals surface area contributed by atoms with Crippen LogP contribution in [0.4, 0.5) is 0 Å². The van der Waals surface area contributed by atoms with Gasteiger partial charge >= 0.3 is 0 Å². The van der Waals surface area contributed by atoms with E-state index in [1.165, 1.54) is 0 Å². The molecule has 5 nitrogen and oxygen atoms in total. The summed E-state index contributed by atoms with van der Waals surface area (Å²) < 4.78 is 5.62. The van der Waals surface area contributed by atoms with Crippen molar-refractivity contribution in [2.24, 2.45) is 0 Å². The summed E-state index contributed by atoms with van der Waals surface area (Å²) in [5.41, 5.74) is 1.56. The molecular weight excluding hydrogens is 328 g/mol. The maximum absolute atomic E-state index is 12.1.